The van der Waals surface area contributed by atoms with Crippen molar-refractivity contribution in [3.05, 3.63) is 88.4 Å². The molecule has 7 nitrogen and oxygen atoms in total. The zero-order valence-corrected chi connectivity index (χ0v) is 20.1. The Morgan fingerprint density at radius 1 is 0.943 bits per heavy atom. The Morgan fingerprint density at radius 3 is 2.49 bits per heavy atom. The average Bonchev–Trinajstić information content (AvgIpc) is 3.69. The summed E-state index contributed by atoms with van der Waals surface area (Å²) in [5, 5.41) is 22.6. The Morgan fingerprint density at radius 2 is 1.74 bits per heavy atom. The first-order valence-corrected chi connectivity index (χ1v) is 12.8. The van der Waals surface area contributed by atoms with Gasteiger partial charge in [0.05, 0.1) is 18.2 Å². The number of aromatic nitrogens is 4. The van der Waals surface area contributed by atoms with Crippen LogP contribution in [-0.4, -0.2) is 37.1 Å². The lowest BCUT2D eigenvalue weighted by atomic mass is 10.1. The van der Waals surface area contributed by atoms with E-state index < -0.39 is 0 Å². The highest BCUT2D eigenvalue weighted by Crippen LogP contribution is 2.30. The van der Waals surface area contributed by atoms with Crippen LogP contribution in [0, 0.1) is 11.3 Å². The second kappa shape index (κ2) is 8.91. The largest absolute Gasteiger partial charge is 0.329 e. The quantitative estimate of drug-likeness (QED) is 0.337. The molecule has 5 aromatic rings. The Hall–Kier alpha value is -4.13. The van der Waals surface area contributed by atoms with Gasteiger partial charge in [0.25, 0.3) is 5.91 Å². The summed E-state index contributed by atoms with van der Waals surface area (Å²) in [6.07, 6.45) is 0. The Kier molecular flexibility index (Phi) is 5.45. The van der Waals surface area contributed by atoms with Crippen LogP contribution in [0.15, 0.2) is 71.4 Å². The summed E-state index contributed by atoms with van der Waals surface area (Å²) < 4.78 is 2.04. The van der Waals surface area contributed by atoms with Crippen LogP contribution in [0.25, 0.3) is 32.5 Å². The van der Waals surface area contributed by atoms with Crippen LogP contribution < -0.4 is 0 Å². The summed E-state index contributed by atoms with van der Waals surface area (Å²) in [7, 11) is 0. The molecule has 0 bridgehead atoms. The lowest BCUT2D eigenvalue weighted by Crippen LogP contribution is -2.38. The summed E-state index contributed by atoms with van der Waals surface area (Å²) >= 11 is 3.21. The maximum absolute atomic E-state index is 13.1. The van der Waals surface area contributed by atoms with Gasteiger partial charge in [-0.25, -0.2) is 4.98 Å². The highest BCUT2D eigenvalue weighted by Gasteiger charge is 2.26. The third-order valence-electron chi connectivity index (χ3n) is 5.97. The zero-order valence-electron chi connectivity index (χ0n) is 18.5. The number of hydrogen-bond acceptors (Lipinski definition) is 7. The third-order valence-corrected chi connectivity index (χ3v) is 7.78. The molecule has 0 N–H and O–H groups in total. The van der Waals surface area contributed by atoms with Gasteiger partial charge in [0, 0.05) is 34.5 Å². The predicted molar refractivity (Wildman–Crippen MR) is 136 cm³/mol. The SMILES string of the molecule is N#Cc1ccc(-c2nc(-c3nnc4n3CCN(C(=O)c3ccc(-c5cccs5)cc3)C4)cs2)cc1. The molecular weight excluding hydrogens is 476 g/mol. The van der Waals surface area contributed by atoms with Crippen molar-refractivity contribution in [2.24, 2.45) is 0 Å². The van der Waals surface area contributed by atoms with Gasteiger partial charge in [-0.15, -0.1) is 32.9 Å². The number of nitrogens with zero attached hydrogens (tertiary/aromatic N) is 6. The van der Waals surface area contributed by atoms with Crippen molar-refractivity contribution >= 4 is 28.6 Å². The molecule has 0 unspecified atom stereocenters. The summed E-state index contributed by atoms with van der Waals surface area (Å²) in [5.41, 5.74) is 4.13. The molecule has 9 heteroatoms. The molecule has 6 rings (SSSR count). The van der Waals surface area contributed by atoms with Crippen LogP contribution in [0.1, 0.15) is 21.7 Å². The van der Waals surface area contributed by atoms with Crippen molar-refractivity contribution in [2.45, 2.75) is 13.1 Å². The molecule has 170 valence electrons. The van der Waals surface area contributed by atoms with E-state index in [4.69, 9.17) is 10.2 Å². The van der Waals surface area contributed by atoms with Crippen molar-refractivity contribution in [1.29, 1.82) is 5.26 Å². The molecule has 0 saturated carbocycles. The number of thiazole rings is 1. The molecule has 0 radical (unpaired) electrons. The number of rotatable bonds is 4. The van der Waals surface area contributed by atoms with Crippen LogP contribution in [0.5, 0.6) is 0 Å². The second-order valence-corrected chi connectivity index (χ2v) is 9.91. The van der Waals surface area contributed by atoms with E-state index in [9.17, 15) is 4.79 Å². The number of carbonyl (C=O) groups excluding carboxylic acids is 1. The number of amides is 1. The van der Waals surface area contributed by atoms with Gasteiger partial charge >= 0.3 is 0 Å². The maximum Gasteiger partial charge on any atom is 0.254 e. The summed E-state index contributed by atoms with van der Waals surface area (Å²) in [6.45, 7) is 1.60. The van der Waals surface area contributed by atoms with E-state index in [0.29, 0.717) is 36.6 Å². The van der Waals surface area contributed by atoms with Gasteiger partial charge < -0.3 is 9.47 Å². The predicted octanol–water partition coefficient (Wildman–Crippen LogP) is 5.32. The highest BCUT2D eigenvalue weighted by atomic mass is 32.1. The van der Waals surface area contributed by atoms with Gasteiger partial charge in [0.2, 0.25) is 0 Å². The molecule has 0 atom stereocenters. The minimum atomic E-state index is -0.00436. The van der Waals surface area contributed by atoms with E-state index in [0.717, 1.165) is 27.7 Å². The number of nitriles is 1. The number of benzene rings is 2. The van der Waals surface area contributed by atoms with Crippen LogP contribution >= 0.6 is 22.7 Å². The Bertz CT molecular complexity index is 1540. The number of thiophene rings is 1. The van der Waals surface area contributed by atoms with E-state index in [1.165, 1.54) is 16.2 Å². The van der Waals surface area contributed by atoms with Crippen LogP contribution in [0.2, 0.25) is 0 Å². The average molecular weight is 495 g/mol. The molecule has 35 heavy (non-hydrogen) atoms. The Balaban J connectivity index is 1.19. The van der Waals surface area contributed by atoms with Crippen LogP contribution in [0.3, 0.4) is 0 Å². The van der Waals surface area contributed by atoms with Gasteiger partial charge in [-0.2, -0.15) is 5.26 Å². The van der Waals surface area contributed by atoms with E-state index in [1.807, 2.05) is 62.7 Å². The van der Waals surface area contributed by atoms with Gasteiger partial charge in [-0.1, -0.05) is 30.3 Å². The molecule has 2 aromatic carbocycles. The molecular formula is C26H18N6OS2. The van der Waals surface area contributed by atoms with Crippen molar-refractivity contribution < 1.29 is 4.79 Å². The smallest absolute Gasteiger partial charge is 0.254 e. The van der Waals surface area contributed by atoms with Gasteiger partial charge in [-0.3, -0.25) is 4.79 Å². The Labute approximate surface area is 209 Å². The van der Waals surface area contributed by atoms with Crippen LogP contribution in [0.4, 0.5) is 0 Å². The standard InChI is InChI=1S/C26H18N6OS2/c27-14-17-3-5-19(6-4-17)25-28-21(16-35-25)24-30-29-23-15-31(11-12-32(23)24)26(33)20-9-7-18(8-10-20)22-2-1-13-34-22/h1-10,13,16H,11-12,15H2. The molecule has 1 amide bonds. The minimum Gasteiger partial charge on any atom is -0.329 e. The van der Waals surface area contributed by atoms with Gasteiger partial charge in [0.1, 0.15) is 10.7 Å². The molecule has 0 spiro atoms. The molecule has 0 fully saturated rings. The van der Waals surface area contributed by atoms with Crippen molar-refractivity contribution in [3.8, 4) is 38.6 Å². The van der Waals surface area contributed by atoms with Gasteiger partial charge in [0.15, 0.2) is 11.6 Å². The van der Waals surface area contributed by atoms with E-state index in [1.54, 1.807) is 23.5 Å². The third kappa shape index (κ3) is 4.03. The number of fused-ring (bicyclic) bond motifs is 1. The first-order chi connectivity index (χ1) is 17.2. The fourth-order valence-electron chi connectivity index (χ4n) is 4.12. The first-order valence-electron chi connectivity index (χ1n) is 11.0. The number of carbonyl (C=O) groups is 1. The fourth-order valence-corrected chi connectivity index (χ4v) is 5.66. The summed E-state index contributed by atoms with van der Waals surface area (Å²) in [4.78, 5) is 20.9. The van der Waals surface area contributed by atoms with E-state index in [2.05, 4.69) is 22.3 Å². The minimum absolute atomic E-state index is 0.00436. The number of hydrogen-bond donors (Lipinski definition) is 0. The highest BCUT2D eigenvalue weighted by molar-refractivity contribution is 7.13. The van der Waals surface area contributed by atoms with Crippen molar-refractivity contribution in [1.82, 2.24) is 24.6 Å². The normalized spacial score (nSPS) is 12.8. The molecule has 0 aliphatic carbocycles. The monoisotopic (exact) mass is 494 g/mol. The van der Waals surface area contributed by atoms with Crippen molar-refractivity contribution in [2.75, 3.05) is 6.54 Å². The fraction of sp³-hybridized carbons (Fsp3) is 0.115. The van der Waals surface area contributed by atoms with Crippen molar-refractivity contribution in [3.63, 3.8) is 0 Å². The van der Waals surface area contributed by atoms with E-state index >= 15 is 0 Å². The lowest BCUT2D eigenvalue weighted by Gasteiger charge is -2.27. The first kappa shape index (κ1) is 21.4. The topological polar surface area (TPSA) is 87.7 Å². The zero-order chi connectivity index (χ0) is 23.8. The second-order valence-electron chi connectivity index (χ2n) is 8.10. The molecule has 1 aliphatic rings. The molecule has 4 heterocycles. The maximum atomic E-state index is 13.1. The van der Waals surface area contributed by atoms with E-state index in [-0.39, 0.29) is 5.91 Å². The van der Waals surface area contributed by atoms with Gasteiger partial charge in [-0.05, 0) is 41.3 Å². The lowest BCUT2D eigenvalue weighted by molar-refractivity contribution is 0.0708. The molecule has 3 aromatic heterocycles. The molecule has 0 saturated heterocycles. The summed E-state index contributed by atoms with van der Waals surface area (Å²) in [6, 6.07) is 21.4. The molecule has 1 aliphatic heterocycles. The summed E-state index contributed by atoms with van der Waals surface area (Å²) in [5.74, 6) is 1.46. The van der Waals surface area contributed by atoms with Crippen LogP contribution in [-0.2, 0) is 13.1 Å².